The lowest BCUT2D eigenvalue weighted by molar-refractivity contribution is 0.408. The zero-order valence-electron chi connectivity index (χ0n) is 15.0. The van der Waals surface area contributed by atoms with Gasteiger partial charge in [-0.1, -0.05) is 6.92 Å². The van der Waals surface area contributed by atoms with Gasteiger partial charge in [-0.3, -0.25) is 4.99 Å². The van der Waals surface area contributed by atoms with Crippen LogP contribution >= 0.6 is 35.7 Å². The summed E-state index contributed by atoms with van der Waals surface area (Å²) >= 11 is 2.01. The molecule has 5 nitrogen and oxygen atoms in total. The second kappa shape index (κ2) is 10.3. The number of guanidine groups is 1. The van der Waals surface area contributed by atoms with Crippen molar-refractivity contribution in [3.8, 4) is 0 Å². The monoisotopic (exact) mass is 477 g/mol. The van der Waals surface area contributed by atoms with Crippen LogP contribution in [0.1, 0.15) is 41.0 Å². The Morgan fingerprint density at radius 1 is 1.35 bits per heavy atom. The molecule has 138 valence electrons. The fourth-order valence-corrected chi connectivity index (χ4v) is 4.29. The Morgan fingerprint density at radius 3 is 2.52 bits per heavy atom. The largest absolute Gasteiger partial charge is 0.357 e. The zero-order chi connectivity index (χ0) is 16.8. The maximum absolute atomic E-state index is 12.2. The summed E-state index contributed by atoms with van der Waals surface area (Å²) in [5, 5.41) is 3.93. The van der Waals surface area contributed by atoms with Crippen molar-refractivity contribution in [3.05, 3.63) is 0 Å². The molecule has 0 bridgehead atoms. The minimum Gasteiger partial charge on any atom is -0.357 e. The van der Waals surface area contributed by atoms with E-state index in [0.29, 0.717) is 11.8 Å². The molecular weight excluding hydrogens is 445 g/mol. The van der Waals surface area contributed by atoms with Crippen LogP contribution in [0.25, 0.3) is 0 Å². The average Bonchev–Trinajstić information content (AvgIpc) is 2.45. The molecule has 0 aromatic carbocycles. The molecule has 1 fully saturated rings. The van der Waals surface area contributed by atoms with Crippen molar-refractivity contribution < 1.29 is 8.42 Å². The number of halogens is 1. The summed E-state index contributed by atoms with van der Waals surface area (Å²) in [6.45, 7) is 12.5. The third-order valence-electron chi connectivity index (χ3n) is 3.78. The van der Waals surface area contributed by atoms with Gasteiger partial charge < -0.3 is 10.2 Å². The third kappa shape index (κ3) is 7.37. The van der Waals surface area contributed by atoms with E-state index in [2.05, 4.69) is 22.1 Å². The smallest absolute Gasteiger partial charge is 0.194 e. The second-order valence-electron chi connectivity index (χ2n) is 6.51. The first kappa shape index (κ1) is 23.3. The van der Waals surface area contributed by atoms with E-state index in [1.54, 1.807) is 20.8 Å². The molecule has 0 radical (unpaired) electrons. The number of nitrogens with one attached hydrogen (secondary N) is 1. The number of hydrogen-bond donors (Lipinski definition) is 1. The van der Waals surface area contributed by atoms with E-state index in [0.717, 1.165) is 37.8 Å². The van der Waals surface area contributed by atoms with E-state index in [1.165, 1.54) is 0 Å². The van der Waals surface area contributed by atoms with Gasteiger partial charge >= 0.3 is 0 Å². The van der Waals surface area contributed by atoms with Crippen molar-refractivity contribution in [2.75, 3.05) is 37.7 Å². The summed E-state index contributed by atoms with van der Waals surface area (Å²) < 4.78 is 23.6. The summed E-state index contributed by atoms with van der Waals surface area (Å²) in [7, 11) is -3.11. The predicted octanol–water partition coefficient (Wildman–Crippen LogP) is 2.61. The number of rotatable bonds is 5. The minimum absolute atomic E-state index is 0. The van der Waals surface area contributed by atoms with Crippen LogP contribution in [0.2, 0.25) is 0 Å². The maximum Gasteiger partial charge on any atom is 0.194 e. The Bertz CT molecular complexity index is 476. The Kier molecular flexibility index (Phi) is 10.5. The van der Waals surface area contributed by atoms with Crippen molar-refractivity contribution >= 4 is 51.5 Å². The van der Waals surface area contributed by atoms with Crippen molar-refractivity contribution in [2.24, 2.45) is 4.99 Å². The zero-order valence-corrected chi connectivity index (χ0v) is 18.9. The van der Waals surface area contributed by atoms with Gasteiger partial charge in [0, 0.05) is 30.6 Å². The number of sulfone groups is 1. The van der Waals surface area contributed by atoms with Crippen LogP contribution in [-0.2, 0) is 9.84 Å². The highest BCUT2D eigenvalue weighted by molar-refractivity contribution is 14.0. The topological polar surface area (TPSA) is 61.8 Å². The molecule has 0 spiro atoms. The van der Waals surface area contributed by atoms with Crippen LogP contribution < -0.4 is 5.32 Å². The first-order chi connectivity index (χ1) is 10.2. The van der Waals surface area contributed by atoms with Crippen molar-refractivity contribution in [2.45, 2.75) is 51.0 Å². The molecule has 0 saturated carbocycles. The number of nitrogens with zero attached hydrogens (tertiary/aromatic N) is 2. The van der Waals surface area contributed by atoms with Gasteiger partial charge in [0.25, 0.3) is 0 Å². The first-order valence-electron chi connectivity index (χ1n) is 8.08. The quantitative estimate of drug-likeness (QED) is 0.375. The van der Waals surface area contributed by atoms with Crippen LogP contribution in [0.4, 0.5) is 0 Å². The Labute approximate surface area is 163 Å². The second-order valence-corrected chi connectivity index (χ2v) is 10.8. The highest BCUT2D eigenvalue weighted by atomic mass is 127. The molecule has 1 N–H and O–H groups in total. The Hall–Kier alpha value is 0.300. The summed E-state index contributed by atoms with van der Waals surface area (Å²) in [5.41, 5.74) is 0. The van der Waals surface area contributed by atoms with Crippen LogP contribution in [0.3, 0.4) is 0 Å². The predicted molar refractivity (Wildman–Crippen MR) is 113 cm³/mol. The highest BCUT2D eigenvalue weighted by Gasteiger charge is 2.28. The molecule has 1 heterocycles. The Balaban J connectivity index is 0.00000484. The summed E-state index contributed by atoms with van der Waals surface area (Å²) in [6, 6.07) is 0. The van der Waals surface area contributed by atoms with E-state index in [9.17, 15) is 8.42 Å². The molecule has 1 unspecified atom stereocenters. The van der Waals surface area contributed by atoms with Crippen molar-refractivity contribution in [1.82, 2.24) is 10.2 Å². The van der Waals surface area contributed by atoms with Gasteiger partial charge in [-0.25, -0.2) is 8.42 Å². The molecule has 23 heavy (non-hydrogen) atoms. The molecule has 0 aromatic rings. The number of aliphatic imine (C=N–C) groups is 1. The molecule has 1 saturated heterocycles. The van der Waals surface area contributed by atoms with Crippen molar-refractivity contribution in [1.29, 1.82) is 0 Å². The molecule has 1 rings (SSSR count). The fourth-order valence-electron chi connectivity index (χ4n) is 2.16. The third-order valence-corrected chi connectivity index (χ3v) is 7.74. The van der Waals surface area contributed by atoms with Gasteiger partial charge in [-0.15, -0.1) is 24.0 Å². The van der Waals surface area contributed by atoms with Gasteiger partial charge in [-0.2, -0.15) is 11.8 Å². The summed E-state index contributed by atoms with van der Waals surface area (Å²) in [4.78, 5) is 6.81. The maximum atomic E-state index is 12.2. The fraction of sp³-hybridized carbons (Fsp3) is 0.933. The van der Waals surface area contributed by atoms with E-state index in [4.69, 9.17) is 0 Å². The normalized spacial score (nSPS) is 20.1. The Morgan fingerprint density at radius 2 is 2.00 bits per heavy atom. The molecule has 1 aliphatic rings. The van der Waals surface area contributed by atoms with Crippen LogP contribution in [-0.4, -0.2) is 67.0 Å². The molecule has 1 aliphatic heterocycles. The SMILES string of the molecule is CCNC(=NCCS(=O)(=O)C(C)(C)C)N1CCSC(CC)C1.I. The van der Waals surface area contributed by atoms with Crippen LogP contribution in [0.5, 0.6) is 0 Å². The number of hydrogen-bond acceptors (Lipinski definition) is 4. The lowest BCUT2D eigenvalue weighted by Gasteiger charge is -2.34. The van der Waals surface area contributed by atoms with Gasteiger partial charge in [0.1, 0.15) is 0 Å². The molecule has 0 aromatic heterocycles. The molecule has 8 heteroatoms. The lowest BCUT2D eigenvalue weighted by Crippen LogP contribution is -2.48. The van der Waals surface area contributed by atoms with Gasteiger partial charge in [0.05, 0.1) is 17.0 Å². The van der Waals surface area contributed by atoms with E-state index >= 15 is 0 Å². The molecule has 0 aliphatic carbocycles. The van der Waals surface area contributed by atoms with E-state index < -0.39 is 14.6 Å². The van der Waals surface area contributed by atoms with Gasteiger partial charge in [0.15, 0.2) is 15.8 Å². The molecule has 0 amide bonds. The van der Waals surface area contributed by atoms with Gasteiger partial charge in [0.2, 0.25) is 0 Å². The van der Waals surface area contributed by atoms with Crippen LogP contribution in [0, 0.1) is 0 Å². The molecular formula is C15H32IN3O2S2. The van der Waals surface area contributed by atoms with E-state index in [-0.39, 0.29) is 29.7 Å². The van der Waals surface area contributed by atoms with Crippen molar-refractivity contribution in [3.63, 3.8) is 0 Å². The first-order valence-corrected chi connectivity index (χ1v) is 10.8. The van der Waals surface area contributed by atoms with Crippen LogP contribution in [0.15, 0.2) is 4.99 Å². The lowest BCUT2D eigenvalue weighted by atomic mass is 10.3. The van der Waals surface area contributed by atoms with Gasteiger partial charge in [-0.05, 0) is 34.1 Å². The van der Waals surface area contributed by atoms with E-state index in [1.807, 2.05) is 18.7 Å². The summed E-state index contributed by atoms with van der Waals surface area (Å²) in [5.74, 6) is 2.05. The standard InChI is InChI=1S/C15H31N3O2S2.HI/c1-6-13-12-18(9-10-21-13)14(16-7-2)17-8-11-22(19,20)15(3,4)5;/h13H,6-12H2,1-5H3,(H,16,17);1H. The highest BCUT2D eigenvalue weighted by Crippen LogP contribution is 2.21. The minimum atomic E-state index is -3.11. The summed E-state index contributed by atoms with van der Waals surface area (Å²) in [6.07, 6.45) is 1.15. The molecule has 1 atom stereocenters. The average molecular weight is 477 g/mol. The number of thioether (sulfide) groups is 1.